The van der Waals surface area contributed by atoms with Crippen molar-refractivity contribution in [3.63, 3.8) is 0 Å². The molecule has 2 N–H and O–H groups in total. The third-order valence-electron chi connectivity index (χ3n) is 2.96. The maximum absolute atomic E-state index is 4.34. The number of benzene rings is 1. The Morgan fingerprint density at radius 2 is 2.32 bits per heavy atom. The van der Waals surface area contributed by atoms with Crippen LogP contribution in [-0.2, 0) is 6.54 Å². The molecule has 100 valence electrons. The summed E-state index contributed by atoms with van der Waals surface area (Å²) in [7, 11) is 0. The van der Waals surface area contributed by atoms with E-state index in [1.807, 2.05) is 6.92 Å². The minimum absolute atomic E-state index is 0.711. The molecule has 0 atom stereocenters. The van der Waals surface area contributed by atoms with E-state index in [-0.39, 0.29) is 0 Å². The smallest absolute Gasteiger partial charge is 0.213 e. The molecule has 1 fully saturated rings. The zero-order chi connectivity index (χ0) is 13.2. The number of nitrogens with one attached hydrogen (secondary N) is 2. The first-order valence-electron chi connectivity index (χ1n) is 6.29. The number of hydrogen-bond acceptors (Lipinski definition) is 4. The highest BCUT2D eigenvalue weighted by molar-refractivity contribution is 9.10. The van der Waals surface area contributed by atoms with Gasteiger partial charge in [0.2, 0.25) is 5.16 Å². The molecule has 1 heterocycles. The van der Waals surface area contributed by atoms with Crippen LogP contribution in [0.25, 0.3) is 0 Å². The van der Waals surface area contributed by atoms with Crippen LogP contribution in [0.1, 0.15) is 24.2 Å². The van der Waals surface area contributed by atoms with E-state index in [4.69, 9.17) is 0 Å². The van der Waals surface area contributed by atoms with E-state index in [1.165, 1.54) is 23.3 Å². The normalized spacial score (nSPS) is 14.8. The molecule has 1 aliphatic carbocycles. The van der Waals surface area contributed by atoms with E-state index in [0.29, 0.717) is 6.04 Å². The van der Waals surface area contributed by atoms with Crippen molar-refractivity contribution >= 4 is 27.7 Å². The summed E-state index contributed by atoms with van der Waals surface area (Å²) in [6.07, 6.45) is 2.60. The third-order valence-corrected chi connectivity index (χ3v) is 4.44. The fourth-order valence-electron chi connectivity index (χ4n) is 1.79. The lowest BCUT2D eigenvalue weighted by Crippen LogP contribution is -2.15. The van der Waals surface area contributed by atoms with Crippen molar-refractivity contribution in [2.45, 2.75) is 42.4 Å². The quantitative estimate of drug-likeness (QED) is 0.878. The number of aromatic nitrogens is 3. The van der Waals surface area contributed by atoms with Crippen LogP contribution >= 0.6 is 27.7 Å². The minimum atomic E-state index is 0.711. The number of aryl methyl sites for hydroxylation is 1. The van der Waals surface area contributed by atoms with E-state index in [0.717, 1.165) is 22.0 Å². The summed E-state index contributed by atoms with van der Waals surface area (Å²) in [4.78, 5) is 5.55. The van der Waals surface area contributed by atoms with Crippen LogP contribution in [0.3, 0.4) is 0 Å². The number of hydrogen-bond donors (Lipinski definition) is 2. The summed E-state index contributed by atoms with van der Waals surface area (Å²) in [5.41, 5.74) is 1.29. The molecule has 0 spiro atoms. The molecular formula is C13H15BrN4S. The van der Waals surface area contributed by atoms with Gasteiger partial charge in [0.25, 0.3) is 0 Å². The van der Waals surface area contributed by atoms with E-state index in [2.05, 4.69) is 54.6 Å². The first-order valence-corrected chi connectivity index (χ1v) is 7.90. The second kappa shape index (κ2) is 5.64. The number of nitrogens with zero attached hydrogens (tertiary/aromatic N) is 2. The second-order valence-corrected chi connectivity index (χ2v) is 6.64. The van der Waals surface area contributed by atoms with E-state index < -0.39 is 0 Å². The molecule has 4 nitrogen and oxygen atoms in total. The third kappa shape index (κ3) is 3.58. The molecule has 1 aromatic carbocycles. The Labute approximate surface area is 124 Å². The molecule has 1 aromatic heterocycles. The molecule has 3 rings (SSSR count). The van der Waals surface area contributed by atoms with Crippen LogP contribution in [0.2, 0.25) is 0 Å². The van der Waals surface area contributed by atoms with Crippen molar-refractivity contribution in [1.29, 1.82) is 0 Å². The van der Waals surface area contributed by atoms with E-state index in [9.17, 15) is 0 Å². The van der Waals surface area contributed by atoms with Gasteiger partial charge in [-0.25, -0.2) is 4.98 Å². The molecule has 1 saturated carbocycles. The average Bonchev–Trinajstić information content (AvgIpc) is 3.13. The predicted molar refractivity (Wildman–Crippen MR) is 79.2 cm³/mol. The first kappa shape index (κ1) is 13.1. The zero-order valence-electron chi connectivity index (χ0n) is 10.6. The summed E-state index contributed by atoms with van der Waals surface area (Å²) in [5, 5.41) is 11.4. The van der Waals surface area contributed by atoms with Crippen LogP contribution in [-0.4, -0.2) is 21.2 Å². The topological polar surface area (TPSA) is 53.6 Å². The molecule has 0 unspecified atom stereocenters. The summed E-state index contributed by atoms with van der Waals surface area (Å²) in [6, 6.07) is 7.05. The molecule has 2 aromatic rings. The number of halogens is 1. The molecule has 19 heavy (non-hydrogen) atoms. The lowest BCUT2D eigenvalue weighted by atomic mass is 10.2. The van der Waals surface area contributed by atoms with Gasteiger partial charge in [-0.15, -0.1) is 5.10 Å². The van der Waals surface area contributed by atoms with Crippen molar-refractivity contribution in [3.8, 4) is 0 Å². The van der Waals surface area contributed by atoms with Crippen molar-refractivity contribution in [1.82, 2.24) is 20.5 Å². The molecule has 6 heteroatoms. The Morgan fingerprint density at radius 1 is 1.47 bits per heavy atom. The molecule has 0 aliphatic heterocycles. The van der Waals surface area contributed by atoms with Crippen molar-refractivity contribution in [2.75, 3.05) is 0 Å². The summed E-state index contributed by atoms with van der Waals surface area (Å²) >= 11 is 5.14. The van der Waals surface area contributed by atoms with Gasteiger partial charge in [-0.2, -0.15) is 0 Å². The first-order chi connectivity index (χ1) is 9.20. The number of aromatic amines is 1. The van der Waals surface area contributed by atoms with Crippen molar-refractivity contribution < 1.29 is 0 Å². The van der Waals surface area contributed by atoms with Crippen molar-refractivity contribution in [3.05, 3.63) is 34.1 Å². The summed E-state index contributed by atoms with van der Waals surface area (Å²) in [5.74, 6) is 0.845. The molecule has 0 radical (unpaired) electrons. The molecular weight excluding hydrogens is 324 g/mol. The van der Waals surface area contributed by atoms with E-state index >= 15 is 0 Å². The van der Waals surface area contributed by atoms with E-state index in [1.54, 1.807) is 11.8 Å². The van der Waals surface area contributed by atoms with Gasteiger partial charge in [0.05, 0.1) is 0 Å². The van der Waals surface area contributed by atoms with Gasteiger partial charge < -0.3 is 5.32 Å². The van der Waals surface area contributed by atoms with Gasteiger partial charge >= 0.3 is 0 Å². The minimum Gasteiger partial charge on any atom is -0.310 e. The maximum Gasteiger partial charge on any atom is 0.213 e. The van der Waals surface area contributed by atoms with Gasteiger partial charge in [0, 0.05) is 22.0 Å². The molecule has 0 amide bonds. The van der Waals surface area contributed by atoms with Crippen LogP contribution in [0.15, 0.2) is 32.7 Å². The zero-order valence-corrected chi connectivity index (χ0v) is 13.0. The summed E-state index contributed by atoms with van der Waals surface area (Å²) in [6.45, 7) is 2.81. The van der Waals surface area contributed by atoms with Gasteiger partial charge in [0.15, 0.2) is 0 Å². The predicted octanol–water partition coefficient (Wildman–Crippen LogP) is 3.28. The molecule has 1 aliphatic rings. The average molecular weight is 339 g/mol. The highest BCUT2D eigenvalue weighted by Crippen LogP contribution is 2.30. The van der Waals surface area contributed by atoms with Gasteiger partial charge in [-0.3, -0.25) is 5.10 Å². The fraction of sp³-hybridized carbons (Fsp3) is 0.385. The highest BCUT2D eigenvalue weighted by atomic mass is 79.9. The van der Waals surface area contributed by atoms with Crippen LogP contribution < -0.4 is 5.32 Å². The molecule has 0 saturated heterocycles. The highest BCUT2D eigenvalue weighted by Gasteiger charge is 2.20. The number of H-pyrrole nitrogens is 1. The van der Waals surface area contributed by atoms with Gasteiger partial charge in [0.1, 0.15) is 5.82 Å². The fourth-order valence-corrected chi connectivity index (χ4v) is 3.07. The lowest BCUT2D eigenvalue weighted by molar-refractivity contribution is 0.680. The SMILES string of the molecule is Cc1nc(Sc2ccc(Br)cc2CNC2CC2)n[nH]1. The van der Waals surface area contributed by atoms with Crippen LogP contribution in [0, 0.1) is 6.92 Å². The maximum atomic E-state index is 4.34. The van der Waals surface area contributed by atoms with Gasteiger partial charge in [-0.05, 0) is 55.3 Å². The Morgan fingerprint density at radius 3 is 3.00 bits per heavy atom. The Kier molecular flexibility index (Phi) is 3.91. The Bertz CT molecular complexity index is 580. The number of rotatable bonds is 5. The Balaban J connectivity index is 1.77. The largest absolute Gasteiger partial charge is 0.310 e. The summed E-state index contributed by atoms with van der Waals surface area (Å²) < 4.78 is 1.11. The second-order valence-electron chi connectivity index (χ2n) is 4.71. The van der Waals surface area contributed by atoms with Gasteiger partial charge in [-0.1, -0.05) is 15.9 Å². The van der Waals surface area contributed by atoms with Crippen LogP contribution in [0.4, 0.5) is 0 Å². The van der Waals surface area contributed by atoms with Crippen molar-refractivity contribution in [2.24, 2.45) is 0 Å². The lowest BCUT2D eigenvalue weighted by Gasteiger charge is -2.09. The monoisotopic (exact) mass is 338 g/mol. The Hall–Kier alpha value is -0.850. The molecule has 0 bridgehead atoms. The van der Waals surface area contributed by atoms with Crippen LogP contribution in [0.5, 0.6) is 0 Å². The standard InChI is InChI=1S/C13H15BrN4S/c1-8-16-13(18-17-8)19-12-5-2-10(14)6-9(12)7-15-11-3-4-11/h2,5-6,11,15H,3-4,7H2,1H3,(H,16,17,18).